The first-order valence-corrected chi connectivity index (χ1v) is 5.17. The van der Waals surface area contributed by atoms with Crippen LogP contribution in [0, 0.1) is 18.7 Å². The lowest BCUT2D eigenvalue weighted by molar-refractivity contribution is 0.257. The van der Waals surface area contributed by atoms with Gasteiger partial charge in [0.15, 0.2) is 0 Å². The van der Waals surface area contributed by atoms with Crippen LogP contribution in [-0.4, -0.2) is 20.2 Å². The van der Waals surface area contributed by atoms with Crippen LogP contribution in [0.15, 0.2) is 18.2 Å². The summed E-state index contributed by atoms with van der Waals surface area (Å²) in [5, 5.41) is 3.07. The van der Waals surface area contributed by atoms with E-state index in [-0.39, 0.29) is 5.82 Å². The van der Waals surface area contributed by atoms with E-state index in [2.05, 4.69) is 12.2 Å². The molecular formula is C12H18FNO. The van der Waals surface area contributed by atoms with E-state index < -0.39 is 0 Å². The molecule has 0 saturated heterocycles. The third-order valence-corrected chi connectivity index (χ3v) is 2.23. The van der Waals surface area contributed by atoms with E-state index in [1.807, 2.05) is 7.05 Å². The topological polar surface area (TPSA) is 21.3 Å². The minimum absolute atomic E-state index is 0.214. The minimum Gasteiger partial charge on any atom is -0.493 e. The molecule has 0 aliphatic rings. The highest BCUT2D eigenvalue weighted by Gasteiger charge is 2.03. The Balaban J connectivity index is 2.47. The van der Waals surface area contributed by atoms with E-state index in [4.69, 9.17) is 4.74 Å². The van der Waals surface area contributed by atoms with Crippen LogP contribution in [0.1, 0.15) is 12.5 Å². The second-order valence-corrected chi connectivity index (χ2v) is 3.88. The van der Waals surface area contributed by atoms with E-state index in [1.165, 1.54) is 6.07 Å². The number of benzene rings is 1. The first-order valence-electron chi connectivity index (χ1n) is 5.17. The number of rotatable bonds is 5. The first-order chi connectivity index (χ1) is 7.13. The Morgan fingerprint density at radius 3 is 2.80 bits per heavy atom. The third-order valence-electron chi connectivity index (χ3n) is 2.23. The Hall–Kier alpha value is -1.09. The molecule has 0 radical (unpaired) electrons. The molecule has 0 heterocycles. The quantitative estimate of drug-likeness (QED) is 0.807. The zero-order valence-corrected chi connectivity index (χ0v) is 9.51. The van der Waals surface area contributed by atoms with Crippen molar-refractivity contribution in [1.29, 1.82) is 0 Å². The molecule has 0 bridgehead atoms. The summed E-state index contributed by atoms with van der Waals surface area (Å²) in [5.74, 6) is 0.800. The molecule has 1 N–H and O–H groups in total. The monoisotopic (exact) mass is 211 g/mol. The molecule has 3 heteroatoms. The van der Waals surface area contributed by atoms with Gasteiger partial charge in [-0.25, -0.2) is 4.39 Å². The lowest BCUT2D eigenvalue weighted by Crippen LogP contribution is -2.21. The Labute approximate surface area is 90.4 Å². The van der Waals surface area contributed by atoms with Gasteiger partial charge in [0.05, 0.1) is 6.61 Å². The second-order valence-electron chi connectivity index (χ2n) is 3.88. The van der Waals surface area contributed by atoms with E-state index in [0.29, 0.717) is 23.8 Å². The molecule has 15 heavy (non-hydrogen) atoms. The van der Waals surface area contributed by atoms with Gasteiger partial charge in [-0.3, -0.25) is 0 Å². The Morgan fingerprint density at radius 1 is 1.47 bits per heavy atom. The van der Waals surface area contributed by atoms with Crippen molar-refractivity contribution in [3.63, 3.8) is 0 Å². The minimum atomic E-state index is -0.214. The van der Waals surface area contributed by atoms with Crippen molar-refractivity contribution in [2.45, 2.75) is 13.8 Å². The zero-order chi connectivity index (χ0) is 11.3. The fraction of sp³-hybridized carbons (Fsp3) is 0.500. The molecule has 2 nitrogen and oxygen atoms in total. The maximum Gasteiger partial charge on any atom is 0.129 e. The average Bonchev–Trinajstić information content (AvgIpc) is 2.20. The summed E-state index contributed by atoms with van der Waals surface area (Å²) in [5.41, 5.74) is 0.644. The maximum absolute atomic E-state index is 13.2. The Kier molecular flexibility index (Phi) is 4.56. The lowest BCUT2D eigenvalue weighted by atomic mass is 10.2. The van der Waals surface area contributed by atoms with E-state index >= 15 is 0 Å². The van der Waals surface area contributed by atoms with Gasteiger partial charge < -0.3 is 10.1 Å². The third kappa shape index (κ3) is 3.88. The van der Waals surface area contributed by atoms with E-state index in [9.17, 15) is 4.39 Å². The van der Waals surface area contributed by atoms with Crippen LogP contribution in [0.2, 0.25) is 0 Å². The normalized spacial score (nSPS) is 12.5. The highest BCUT2D eigenvalue weighted by atomic mass is 19.1. The first kappa shape index (κ1) is 12.0. The Bertz CT molecular complexity index is 314. The summed E-state index contributed by atoms with van der Waals surface area (Å²) in [4.78, 5) is 0. The molecule has 1 unspecified atom stereocenters. The largest absolute Gasteiger partial charge is 0.493 e. The highest BCUT2D eigenvalue weighted by Crippen LogP contribution is 2.16. The number of hydrogen-bond acceptors (Lipinski definition) is 2. The van der Waals surface area contributed by atoms with Crippen molar-refractivity contribution >= 4 is 0 Å². The van der Waals surface area contributed by atoms with Crippen LogP contribution in [0.25, 0.3) is 0 Å². The van der Waals surface area contributed by atoms with Crippen molar-refractivity contribution in [3.8, 4) is 5.75 Å². The molecule has 0 saturated carbocycles. The standard InChI is InChI=1S/C12H18FNO/c1-9(7-14-3)8-15-11-5-4-10(2)12(13)6-11/h4-6,9,14H,7-8H2,1-3H3. The van der Waals surface area contributed by atoms with Crippen LogP contribution in [-0.2, 0) is 0 Å². The summed E-state index contributed by atoms with van der Waals surface area (Å²) in [7, 11) is 1.90. The van der Waals surface area contributed by atoms with Crippen molar-refractivity contribution in [1.82, 2.24) is 5.32 Å². The zero-order valence-electron chi connectivity index (χ0n) is 9.51. The van der Waals surface area contributed by atoms with Gasteiger partial charge in [0, 0.05) is 18.5 Å². The molecule has 0 fully saturated rings. The molecule has 1 atom stereocenters. The average molecular weight is 211 g/mol. The van der Waals surface area contributed by atoms with Crippen LogP contribution >= 0.6 is 0 Å². The summed E-state index contributed by atoms with van der Waals surface area (Å²) in [6, 6.07) is 4.96. The Morgan fingerprint density at radius 2 is 2.20 bits per heavy atom. The second kappa shape index (κ2) is 5.71. The molecule has 84 valence electrons. The molecule has 0 amide bonds. The van der Waals surface area contributed by atoms with E-state index in [0.717, 1.165) is 6.54 Å². The molecule has 0 aliphatic heterocycles. The number of halogens is 1. The van der Waals surface area contributed by atoms with Gasteiger partial charge in [-0.15, -0.1) is 0 Å². The maximum atomic E-state index is 13.2. The van der Waals surface area contributed by atoms with Gasteiger partial charge in [-0.05, 0) is 25.6 Å². The molecular weight excluding hydrogens is 193 g/mol. The summed E-state index contributed by atoms with van der Waals surface area (Å²) < 4.78 is 18.6. The molecule has 0 spiro atoms. The van der Waals surface area contributed by atoms with E-state index in [1.54, 1.807) is 19.1 Å². The number of hydrogen-bond donors (Lipinski definition) is 1. The van der Waals surface area contributed by atoms with Gasteiger partial charge in [0.1, 0.15) is 11.6 Å². The predicted octanol–water partition coefficient (Wildman–Crippen LogP) is 2.37. The number of ether oxygens (including phenoxy) is 1. The molecule has 0 aliphatic carbocycles. The van der Waals surface area contributed by atoms with Gasteiger partial charge >= 0.3 is 0 Å². The van der Waals surface area contributed by atoms with Gasteiger partial charge in [-0.2, -0.15) is 0 Å². The van der Waals surface area contributed by atoms with Crippen LogP contribution in [0.4, 0.5) is 4.39 Å². The van der Waals surface area contributed by atoms with Gasteiger partial charge in [0.25, 0.3) is 0 Å². The highest BCUT2D eigenvalue weighted by molar-refractivity contribution is 5.27. The molecule has 1 rings (SSSR count). The number of aryl methyl sites for hydroxylation is 1. The summed E-state index contributed by atoms with van der Waals surface area (Å²) in [6.45, 7) is 5.32. The molecule has 1 aromatic rings. The summed E-state index contributed by atoms with van der Waals surface area (Å²) in [6.07, 6.45) is 0. The van der Waals surface area contributed by atoms with Crippen LogP contribution in [0.5, 0.6) is 5.75 Å². The van der Waals surface area contributed by atoms with Crippen molar-refractivity contribution < 1.29 is 9.13 Å². The van der Waals surface area contributed by atoms with Crippen molar-refractivity contribution in [2.75, 3.05) is 20.2 Å². The smallest absolute Gasteiger partial charge is 0.129 e. The fourth-order valence-corrected chi connectivity index (χ4v) is 1.31. The van der Waals surface area contributed by atoms with Crippen molar-refractivity contribution in [3.05, 3.63) is 29.6 Å². The fourth-order valence-electron chi connectivity index (χ4n) is 1.31. The lowest BCUT2D eigenvalue weighted by Gasteiger charge is -2.12. The SMILES string of the molecule is CNCC(C)COc1ccc(C)c(F)c1. The van der Waals surface area contributed by atoms with Crippen molar-refractivity contribution in [2.24, 2.45) is 5.92 Å². The predicted molar refractivity (Wildman–Crippen MR) is 59.7 cm³/mol. The summed E-state index contributed by atoms with van der Waals surface area (Å²) >= 11 is 0. The van der Waals surface area contributed by atoms with Crippen LogP contribution < -0.4 is 10.1 Å². The molecule has 1 aromatic carbocycles. The number of nitrogens with one attached hydrogen (secondary N) is 1. The molecule has 0 aromatic heterocycles. The van der Waals surface area contributed by atoms with Crippen LogP contribution in [0.3, 0.4) is 0 Å². The van der Waals surface area contributed by atoms with Gasteiger partial charge in [-0.1, -0.05) is 13.0 Å². The van der Waals surface area contributed by atoms with Gasteiger partial charge in [0.2, 0.25) is 0 Å².